The zero-order valence-corrected chi connectivity index (χ0v) is 13.7. The van der Waals surface area contributed by atoms with E-state index < -0.39 is 12.1 Å². The third-order valence-corrected chi connectivity index (χ3v) is 4.58. The van der Waals surface area contributed by atoms with Crippen LogP contribution in [0.25, 0.3) is 16.8 Å². The van der Waals surface area contributed by atoms with Crippen LogP contribution in [0, 0.1) is 12.8 Å². The molecule has 0 aliphatic heterocycles. The van der Waals surface area contributed by atoms with Crippen molar-refractivity contribution in [1.82, 2.24) is 9.38 Å². The number of nitrogens with one attached hydrogen (secondary N) is 1. The minimum absolute atomic E-state index is 0.301. The smallest absolute Gasteiger partial charge is 0.231 e. The molecular weight excluding hydrogens is 329 g/mol. The Morgan fingerprint density at radius 1 is 1.33 bits per heavy atom. The SMILES string of the molecule is Cc1cccc(Cl)c1-c1ccc2nc(NC(=O)C3CC3F)cn2c1. The van der Waals surface area contributed by atoms with Crippen LogP contribution in [0.3, 0.4) is 0 Å². The molecule has 1 aromatic carbocycles. The van der Waals surface area contributed by atoms with E-state index in [2.05, 4.69) is 10.3 Å². The third-order valence-electron chi connectivity index (χ3n) is 4.26. The zero-order chi connectivity index (χ0) is 16.8. The van der Waals surface area contributed by atoms with Gasteiger partial charge in [0.05, 0.1) is 12.1 Å². The maximum atomic E-state index is 13.0. The number of rotatable bonds is 3. The molecule has 2 aromatic heterocycles. The lowest BCUT2D eigenvalue weighted by atomic mass is 10.0. The molecule has 0 bridgehead atoms. The number of benzene rings is 1. The second-order valence-corrected chi connectivity index (χ2v) is 6.50. The minimum atomic E-state index is -1.02. The summed E-state index contributed by atoms with van der Waals surface area (Å²) < 4.78 is 14.8. The largest absolute Gasteiger partial charge is 0.309 e. The Kier molecular flexibility index (Phi) is 3.53. The number of carbonyl (C=O) groups excluding carboxylic acids is 1. The lowest BCUT2D eigenvalue weighted by molar-refractivity contribution is -0.117. The van der Waals surface area contributed by atoms with Crippen molar-refractivity contribution in [3.05, 3.63) is 53.3 Å². The van der Waals surface area contributed by atoms with Crippen molar-refractivity contribution in [3.63, 3.8) is 0 Å². The quantitative estimate of drug-likeness (QED) is 0.772. The molecule has 1 N–H and O–H groups in total. The molecule has 0 saturated heterocycles. The van der Waals surface area contributed by atoms with E-state index in [1.54, 1.807) is 6.20 Å². The number of anilines is 1. The van der Waals surface area contributed by atoms with Gasteiger partial charge in [-0.25, -0.2) is 9.37 Å². The molecular formula is C18H15ClFN3O. The van der Waals surface area contributed by atoms with Crippen molar-refractivity contribution in [2.45, 2.75) is 19.5 Å². The van der Waals surface area contributed by atoms with Crippen molar-refractivity contribution in [3.8, 4) is 11.1 Å². The van der Waals surface area contributed by atoms with Crippen molar-refractivity contribution in [1.29, 1.82) is 0 Å². The Balaban J connectivity index is 1.67. The number of halogens is 2. The Morgan fingerprint density at radius 3 is 2.83 bits per heavy atom. The first-order valence-corrected chi connectivity index (χ1v) is 8.10. The number of aryl methyl sites for hydroxylation is 1. The number of amides is 1. The van der Waals surface area contributed by atoms with Gasteiger partial charge in [0.1, 0.15) is 11.8 Å². The molecule has 1 aliphatic carbocycles. The normalized spacial score (nSPS) is 19.5. The van der Waals surface area contributed by atoms with Crippen LogP contribution >= 0.6 is 11.6 Å². The second-order valence-electron chi connectivity index (χ2n) is 6.09. The van der Waals surface area contributed by atoms with Crippen molar-refractivity contribution in [2.75, 3.05) is 5.32 Å². The van der Waals surface area contributed by atoms with E-state index >= 15 is 0 Å². The molecule has 3 aromatic rings. The van der Waals surface area contributed by atoms with Gasteiger partial charge in [-0.05, 0) is 37.1 Å². The van der Waals surface area contributed by atoms with Gasteiger partial charge in [0, 0.05) is 22.3 Å². The van der Waals surface area contributed by atoms with E-state index in [0.29, 0.717) is 22.9 Å². The average molecular weight is 344 g/mol. The fourth-order valence-corrected chi connectivity index (χ4v) is 3.18. The summed E-state index contributed by atoms with van der Waals surface area (Å²) in [5.41, 5.74) is 3.72. The Morgan fingerprint density at radius 2 is 2.12 bits per heavy atom. The van der Waals surface area contributed by atoms with E-state index in [4.69, 9.17) is 11.6 Å². The van der Waals surface area contributed by atoms with Crippen LogP contribution in [0.15, 0.2) is 42.7 Å². The minimum Gasteiger partial charge on any atom is -0.309 e. The van der Waals surface area contributed by atoms with Crippen LogP contribution in [0.4, 0.5) is 10.2 Å². The van der Waals surface area contributed by atoms with Crippen LogP contribution in [0.1, 0.15) is 12.0 Å². The fraction of sp³-hybridized carbons (Fsp3) is 0.222. The Hall–Kier alpha value is -2.40. The third kappa shape index (κ3) is 2.65. The van der Waals surface area contributed by atoms with Gasteiger partial charge >= 0.3 is 0 Å². The summed E-state index contributed by atoms with van der Waals surface area (Å²) in [6.07, 6.45) is 2.92. The van der Waals surface area contributed by atoms with Gasteiger partial charge in [-0.2, -0.15) is 0 Å². The molecule has 4 nitrogen and oxygen atoms in total. The highest BCUT2D eigenvalue weighted by atomic mass is 35.5. The summed E-state index contributed by atoms with van der Waals surface area (Å²) in [5.74, 6) is -0.420. The first-order valence-electron chi connectivity index (χ1n) is 7.72. The lowest BCUT2D eigenvalue weighted by Gasteiger charge is -2.08. The number of imidazole rings is 1. The van der Waals surface area contributed by atoms with Crippen LogP contribution in [-0.2, 0) is 4.79 Å². The van der Waals surface area contributed by atoms with E-state index in [1.807, 2.05) is 47.9 Å². The number of pyridine rings is 1. The van der Waals surface area contributed by atoms with Gasteiger partial charge < -0.3 is 9.72 Å². The van der Waals surface area contributed by atoms with Crippen molar-refractivity contribution < 1.29 is 9.18 Å². The molecule has 0 spiro atoms. The van der Waals surface area contributed by atoms with E-state index in [-0.39, 0.29) is 5.91 Å². The van der Waals surface area contributed by atoms with Gasteiger partial charge in [-0.1, -0.05) is 23.7 Å². The molecule has 2 heterocycles. The first-order chi connectivity index (χ1) is 11.5. The summed E-state index contributed by atoms with van der Waals surface area (Å²) in [4.78, 5) is 16.2. The lowest BCUT2D eigenvalue weighted by Crippen LogP contribution is -2.15. The highest BCUT2D eigenvalue weighted by Gasteiger charge is 2.43. The van der Waals surface area contributed by atoms with Crippen molar-refractivity contribution >= 4 is 29.0 Å². The van der Waals surface area contributed by atoms with Crippen LogP contribution in [-0.4, -0.2) is 21.5 Å². The number of carbonyl (C=O) groups is 1. The predicted molar refractivity (Wildman–Crippen MR) is 92.0 cm³/mol. The molecule has 2 atom stereocenters. The number of aromatic nitrogens is 2. The van der Waals surface area contributed by atoms with Crippen LogP contribution in [0.5, 0.6) is 0 Å². The topological polar surface area (TPSA) is 46.4 Å². The van der Waals surface area contributed by atoms with Crippen molar-refractivity contribution in [2.24, 2.45) is 5.92 Å². The monoisotopic (exact) mass is 343 g/mol. The Bertz CT molecular complexity index is 932. The molecule has 0 radical (unpaired) electrons. The predicted octanol–water partition coefficient (Wildman–Crippen LogP) is 4.26. The molecule has 1 aliphatic rings. The number of hydrogen-bond donors (Lipinski definition) is 1. The molecule has 1 fully saturated rings. The van der Waals surface area contributed by atoms with E-state index in [1.165, 1.54) is 0 Å². The van der Waals surface area contributed by atoms with E-state index in [0.717, 1.165) is 16.7 Å². The van der Waals surface area contributed by atoms with E-state index in [9.17, 15) is 9.18 Å². The number of alkyl halides is 1. The van der Waals surface area contributed by atoms with Gasteiger partial charge in [0.2, 0.25) is 5.91 Å². The van der Waals surface area contributed by atoms with Crippen LogP contribution < -0.4 is 5.32 Å². The number of fused-ring (bicyclic) bond motifs is 1. The molecule has 6 heteroatoms. The summed E-state index contributed by atoms with van der Waals surface area (Å²) in [7, 11) is 0. The van der Waals surface area contributed by atoms with Gasteiger partial charge in [0.15, 0.2) is 5.82 Å². The zero-order valence-electron chi connectivity index (χ0n) is 13.0. The summed E-state index contributed by atoms with van der Waals surface area (Å²) in [6.45, 7) is 2.01. The summed E-state index contributed by atoms with van der Waals surface area (Å²) in [6, 6.07) is 9.59. The summed E-state index contributed by atoms with van der Waals surface area (Å²) in [5, 5.41) is 3.35. The maximum Gasteiger partial charge on any atom is 0.231 e. The molecule has 4 rings (SSSR count). The highest BCUT2D eigenvalue weighted by Crippen LogP contribution is 2.35. The number of hydrogen-bond acceptors (Lipinski definition) is 2. The summed E-state index contributed by atoms with van der Waals surface area (Å²) >= 11 is 6.33. The molecule has 2 unspecified atom stereocenters. The second kappa shape index (κ2) is 5.60. The first kappa shape index (κ1) is 15.1. The molecule has 24 heavy (non-hydrogen) atoms. The number of nitrogens with zero attached hydrogens (tertiary/aromatic N) is 2. The standard InChI is InChI=1S/C18H15ClFN3O/c1-10-3-2-4-13(19)17(10)11-5-6-16-21-15(9-23(16)8-11)22-18(24)12-7-14(12)20/h2-6,8-9,12,14H,7H2,1H3,(H,22,24). The maximum absolute atomic E-state index is 13.0. The molecule has 1 amide bonds. The van der Waals surface area contributed by atoms with Gasteiger partial charge in [0.25, 0.3) is 0 Å². The van der Waals surface area contributed by atoms with Gasteiger partial charge in [-0.15, -0.1) is 0 Å². The van der Waals surface area contributed by atoms with Crippen LogP contribution in [0.2, 0.25) is 5.02 Å². The molecule has 122 valence electrons. The highest BCUT2D eigenvalue weighted by molar-refractivity contribution is 6.33. The Labute approximate surface area is 143 Å². The van der Waals surface area contributed by atoms with Gasteiger partial charge in [-0.3, -0.25) is 4.79 Å². The molecule has 1 saturated carbocycles. The average Bonchev–Trinajstić information content (AvgIpc) is 3.13. The fourth-order valence-electron chi connectivity index (χ4n) is 2.85.